The number of benzene rings is 2. The van der Waals surface area contributed by atoms with Gasteiger partial charge in [0.25, 0.3) is 0 Å². The first-order valence-electron chi connectivity index (χ1n) is 6.86. The van der Waals surface area contributed by atoms with Crippen molar-refractivity contribution in [2.24, 2.45) is 0 Å². The van der Waals surface area contributed by atoms with Gasteiger partial charge in [0.1, 0.15) is 5.75 Å². The molecular weight excluding hydrogens is 262 g/mol. The van der Waals surface area contributed by atoms with Crippen LogP contribution in [0.2, 0.25) is 0 Å². The molecule has 2 aromatic rings. The number of rotatable bonds is 5. The van der Waals surface area contributed by atoms with Crippen LogP contribution in [0.3, 0.4) is 0 Å². The first-order valence-corrected chi connectivity index (χ1v) is 6.86. The largest absolute Gasteiger partial charge is 0.485 e. The van der Waals surface area contributed by atoms with Crippen molar-refractivity contribution in [2.45, 2.75) is 19.8 Å². The van der Waals surface area contributed by atoms with E-state index < -0.39 is 0 Å². The lowest BCUT2D eigenvalue weighted by Crippen LogP contribution is -2.11. The van der Waals surface area contributed by atoms with Crippen LogP contribution in [0.15, 0.2) is 48.5 Å². The number of hydrogen-bond acceptors (Lipinski definition) is 3. The third-order valence-electron chi connectivity index (χ3n) is 3.25. The normalized spacial score (nSPS) is 10.2. The summed E-state index contributed by atoms with van der Waals surface area (Å²) in [5, 5.41) is 8.72. The van der Waals surface area contributed by atoms with Gasteiger partial charge in [-0.3, -0.25) is 4.79 Å². The van der Waals surface area contributed by atoms with Crippen LogP contribution >= 0.6 is 0 Å². The molecular formula is C18H17NO2. The summed E-state index contributed by atoms with van der Waals surface area (Å²) in [7, 11) is 0. The van der Waals surface area contributed by atoms with E-state index in [1.54, 1.807) is 24.3 Å². The van der Waals surface area contributed by atoms with E-state index >= 15 is 0 Å². The molecule has 0 aromatic heterocycles. The molecule has 2 aromatic carbocycles. The van der Waals surface area contributed by atoms with Gasteiger partial charge in [-0.2, -0.15) is 5.26 Å². The van der Waals surface area contributed by atoms with Gasteiger partial charge in [0.05, 0.1) is 11.6 Å². The van der Waals surface area contributed by atoms with E-state index in [2.05, 4.69) is 13.8 Å². The van der Waals surface area contributed by atoms with Crippen LogP contribution in [-0.2, 0) is 0 Å². The summed E-state index contributed by atoms with van der Waals surface area (Å²) in [5.41, 5.74) is 2.32. The molecule has 0 heterocycles. The summed E-state index contributed by atoms with van der Waals surface area (Å²) in [4.78, 5) is 12.0. The van der Waals surface area contributed by atoms with E-state index in [-0.39, 0.29) is 12.4 Å². The second-order valence-electron chi connectivity index (χ2n) is 5.12. The Hall–Kier alpha value is -2.60. The number of carbonyl (C=O) groups excluding carboxylic acids is 1. The van der Waals surface area contributed by atoms with Crippen LogP contribution in [0.1, 0.15) is 41.3 Å². The molecule has 0 aliphatic heterocycles. The number of nitrogens with zero attached hydrogens (tertiary/aromatic N) is 1. The van der Waals surface area contributed by atoms with Crippen molar-refractivity contribution in [3.63, 3.8) is 0 Å². The van der Waals surface area contributed by atoms with E-state index in [0.29, 0.717) is 22.8 Å². The van der Waals surface area contributed by atoms with Gasteiger partial charge < -0.3 is 4.74 Å². The topological polar surface area (TPSA) is 50.1 Å². The van der Waals surface area contributed by atoms with Gasteiger partial charge in [0, 0.05) is 5.56 Å². The number of ether oxygens (including phenoxy) is 1. The summed E-state index contributed by atoms with van der Waals surface area (Å²) >= 11 is 0. The van der Waals surface area contributed by atoms with Crippen molar-refractivity contribution in [1.29, 1.82) is 5.26 Å². The summed E-state index contributed by atoms with van der Waals surface area (Å²) in [6, 6.07) is 16.3. The minimum atomic E-state index is -0.104. The zero-order chi connectivity index (χ0) is 15.2. The molecule has 0 spiro atoms. The van der Waals surface area contributed by atoms with E-state index in [9.17, 15) is 4.79 Å². The molecule has 0 unspecified atom stereocenters. The third kappa shape index (κ3) is 3.93. The van der Waals surface area contributed by atoms with Crippen molar-refractivity contribution in [1.82, 2.24) is 0 Å². The third-order valence-corrected chi connectivity index (χ3v) is 3.25. The van der Waals surface area contributed by atoms with Gasteiger partial charge in [0.15, 0.2) is 12.4 Å². The maximum absolute atomic E-state index is 12.0. The van der Waals surface area contributed by atoms with Crippen molar-refractivity contribution < 1.29 is 9.53 Å². The average Bonchev–Trinajstić information content (AvgIpc) is 2.53. The quantitative estimate of drug-likeness (QED) is 0.779. The Labute approximate surface area is 124 Å². The Kier molecular flexibility index (Phi) is 4.73. The lowest BCUT2D eigenvalue weighted by atomic mass is 10.0. The monoisotopic (exact) mass is 279 g/mol. The SMILES string of the molecule is CC(C)c1ccc(OCC(=O)c2ccc(C#N)cc2)cc1. The highest BCUT2D eigenvalue weighted by atomic mass is 16.5. The lowest BCUT2D eigenvalue weighted by molar-refractivity contribution is 0.0921. The van der Waals surface area contributed by atoms with E-state index in [1.807, 2.05) is 30.3 Å². The maximum Gasteiger partial charge on any atom is 0.200 e. The predicted molar refractivity (Wildman–Crippen MR) is 81.5 cm³/mol. The Morgan fingerprint density at radius 3 is 2.24 bits per heavy atom. The van der Waals surface area contributed by atoms with Gasteiger partial charge in [0.2, 0.25) is 0 Å². The van der Waals surface area contributed by atoms with Crippen molar-refractivity contribution >= 4 is 5.78 Å². The molecule has 0 atom stereocenters. The second kappa shape index (κ2) is 6.71. The van der Waals surface area contributed by atoms with Crippen molar-refractivity contribution in [2.75, 3.05) is 6.61 Å². The first-order chi connectivity index (χ1) is 10.1. The molecule has 0 saturated heterocycles. The predicted octanol–water partition coefficient (Wildman–Crippen LogP) is 3.94. The maximum atomic E-state index is 12.0. The van der Waals surface area contributed by atoms with E-state index in [0.717, 1.165) is 0 Å². The lowest BCUT2D eigenvalue weighted by Gasteiger charge is -2.08. The van der Waals surface area contributed by atoms with Crippen LogP contribution in [0.5, 0.6) is 5.75 Å². The highest BCUT2D eigenvalue weighted by molar-refractivity contribution is 5.97. The van der Waals surface area contributed by atoms with Crippen LogP contribution in [0, 0.1) is 11.3 Å². The first kappa shape index (κ1) is 14.8. The molecule has 0 bridgehead atoms. The van der Waals surface area contributed by atoms with Crippen LogP contribution in [0.25, 0.3) is 0 Å². The molecule has 0 saturated carbocycles. The molecule has 0 amide bonds. The highest BCUT2D eigenvalue weighted by Gasteiger charge is 2.07. The van der Waals surface area contributed by atoms with Gasteiger partial charge >= 0.3 is 0 Å². The van der Waals surface area contributed by atoms with E-state index in [4.69, 9.17) is 10.00 Å². The highest BCUT2D eigenvalue weighted by Crippen LogP contribution is 2.18. The number of ketones is 1. The smallest absolute Gasteiger partial charge is 0.200 e. The molecule has 0 radical (unpaired) electrons. The standard InChI is InChI=1S/C18H17NO2/c1-13(2)15-7-9-17(10-8-15)21-12-18(20)16-5-3-14(11-19)4-6-16/h3-10,13H,12H2,1-2H3. The van der Waals surface area contributed by atoms with Crippen molar-refractivity contribution in [3.05, 3.63) is 65.2 Å². The summed E-state index contributed by atoms with van der Waals surface area (Å²) in [6.07, 6.45) is 0. The zero-order valence-electron chi connectivity index (χ0n) is 12.2. The summed E-state index contributed by atoms with van der Waals surface area (Å²) in [5.74, 6) is 1.05. The Balaban J connectivity index is 1.95. The molecule has 0 aliphatic carbocycles. The van der Waals surface area contributed by atoms with Crippen molar-refractivity contribution in [3.8, 4) is 11.8 Å². The number of hydrogen-bond donors (Lipinski definition) is 0. The number of nitriles is 1. The Bertz CT molecular complexity index is 649. The molecule has 106 valence electrons. The second-order valence-corrected chi connectivity index (χ2v) is 5.12. The van der Waals surface area contributed by atoms with Gasteiger partial charge in [-0.25, -0.2) is 0 Å². The molecule has 2 rings (SSSR count). The number of Topliss-reactive ketones (excluding diaryl/α,β-unsaturated/α-hetero) is 1. The number of carbonyl (C=O) groups is 1. The fourth-order valence-electron chi connectivity index (χ4n) is 1.91. The molecule has 3 nitrogen and oxygen atoms in total. The summed E-state index contributed by atoms with van der Waals surface area (Å²) in [6.45, 7) is 4.25. The molecule has 21 heavy (non-hydrogen) atoms. The molecule has 0 fully saturated rings. The van der Waals surface area contributed by atoms with E-state index in [1.165, 1.54) is 5.56 Å². The molecule has 0 aliphatic rings. The Morgan fingerprint density at radius 1 is 1.10 bits per heavy atom. The van der Waals surface area contributed by atoms with Gasteiger partial charge in [-0.1, -0.05) is 26.0 Å². The fraction of sp³-hybridized carbons (Fsp3) is 0.222. The van der Waals surface area contributed by atoms with Crippen LogP contribution < -0.4 is 4.74 Å². The minimum absolute atomic E-state index is 0.00702. The van der Waals surface area contributed by atoms with Crippen LogP contribution in [-0.4, -0.2) is 12.4 Å². The van der Waals surface area contributed by atoms with Crippen LogP contribution in [0.4, 0.5) is 0 Å². The average molecular weight is 279 g/mol. The van der Waals surface area contributed by atoms with Gasteiger partial charge in [-0.15, -0.1) is 0 Å². The summed E-state index contributed by atoms with van der Waals surface area (Å²) < 4.78 is 5.50. The Morgan fingerprint density at radius 2 is 1.71 bits per heavy atom. The fourth-order valence-corrected chi connectivity index (χ4v) is 1.91. The minimum Gasteiger partial charge on any atom is -0.485 e. The molecule has 3 heteroatoms. The van der Waals surface area contributed by atoms with Gasteiger partial charge in [-0.05, 0) is 47.9 Å². The zero-order valence-corrected chi connectivity index (χ0v) is 12.2. The molecule has 0 N–H and O–H groups in total.